The number of halogens is 3. The number of thiol groups is 1. The van der Waals surface area contributed by atoms with Gasteiger partial charge in [0.15, 0.2) is 6.10 Å². The van der Waals surface area contributed by atoms with E-state index in [4.69, 9.17) is 0 Å². The van der Waals surface area contributed by atoms with Gasteiger partial charge in [-0.15, -0.1) is 0 Å². The van der Waals surface area contributed by atoms with E-state index in [2.05, 4.69) is 4.18 Å². The lowest BCUT2D eigenvalue weighted by atomic mass is 10.1. The molecule has 0 aliphatic rings. The molecule has 0 bridgehead atoms. The molecule has 0 N–H and O–H groups in total. The lowest BCUT2D eigenvalue weighted by molar-refractivity contribution is -0.195. The summed E-state index contributed by atoms with van der Waals surface area (Å²) in [5.41, 5.74) is -0.246. The molecular weight excluding hydrogens is 233 g/mol. The molecule has 0 saturated heterocycles. The van der Waals surface area contributed by atoms with Gasteiger partial charge in [0, 0.05) is 0 Å². The second-order valence-corrected chi connectivity index (χ2v) is 3.32. The molecule has 0 aliphatic carbocycles. The minimum Gasteiger partial charge on any atom is -0.254 e. The van der Waals surface area contributed by atoms with E-state index in [-0.39, 0.29) is 5.56 Å². The molecule has 0 aromatic heterocycles. The Morgan fingerprint density at radius 3 is 2.07 bits per heavy atom. The van der Waals surface area contributed by atoms with E-state index in [9.17, 15) is 21.6 Å². The third kappa shape index (κ3) is 3.52. The van der Waals surface area contributed by atoms with Gasteiger partial charge in [0.1, 0.15) is 0 Å². The fourth-order valence-corrected chi connectivity index (χ4v) is 1.44. The molecule has 1 rings (SSSR count). The highest BCUT2D eigenvalue weighted by molar-refractivity contribution is 7.67. The average molecular weight is 240 g/mol. The van der Waals surface area contributed by atoms with Crippen molar-refractivity contribution in [3.63, 3.8) is 0 Å². The highest BCUT2D eigenvalue weighted by Crippen LogP contribution is 2.35. The highest BCUT2D eigenvalue weighted by atomic mass is 32.2. The first-order valence-electron chi connectivity index (χ1n) is 3.84. The predicted octanol–water partition coefficient (Wildman–Crippen LogP) is 1.83. The molecule has 0 saturated carbocycles. The van der Waals surface area contributed by atoms with Gasteiger partial charge in [-0.05, 0) is 5.56 Å². The standard InChI is InChI=1S/C8H7F3O3S/c9-8(10,11)7(14-15(12)13)6-4-2-1-3-5-6/h1-5,7,15H. The highest BCUT2D eigenvalue weighted by Gasteiger charge is 2.42. The van der Waals surface area contributed by atoms with E-state index in [1.807, 2.05) is 0 Å². The second kappa shape index (κ2) is 4.63. The SMILES string of the molecule is O=[SH](=O)OC(c1ccccc1)C(F)(F)F. The molecule has 1 aromatic rings. The van der Waals surface area contributed by atoms with Crippen LogP contribution in [0.25, 0.3) is 0 Å². The molecular formula is C8H7F3O3S. The number of alkyl halides is 3. The summed E-state index contributed by atoms with van der Waals surface area (Å²) in [6.45, 7) is 0. The quantitative estimate of drug-likeness (QED) is 0.820. The van der Waals surface area contributed by atoms with Crippen molar-refractivity contribution in [1.29, 1.82) is 0 Å². The molecule has 0 spiro atoms. The average Bonchev–Trinajstić information content (AvgIpc) is 2.14. The van der Waals surface area contributed by atoms with Gasteiger partial charge in [-0.2, -0.15) is 13.2 Å². The van der Waals surface area contributed by atoms with Crippen molar-refractivity contribution < 1.29 is 25.8 Å². The monoisotopic (exact) mass is 240 g/mol. The summed E-state index contributed by atoms with van der Waals surface area (Å²) in [6.07, 6.45) is -7.18. The molecule has 15 heavy (non-hydrogen) atoms. The van der Waals surface area contributed by atoms with E-state index in [0.29, 0.717) is 0 Å². The lowest BCUT2D eigenvalue weighted by Crippen LogP contribution is -2.23. The van der Waals surface area contributed by atoms with E-state index in [1.165, 1.54) is 18.2 Å². The van der Waals surface area contributed by atoms with Gasteiger partial charge in [-0.25, -0.2) is 8.42 Å². The van der Waals surface area contributed by atoms with Gasteiger partial charge in [0.25, 0.3) is 11.0 Å². The van der Waals surface area contributed by atoms with Crippen molar-refractivity contribution in [3.05, 3.63) is 35.9 Å². The van der Waals surface area contributed by atoms with E-state index < -0.39 is 23.3 Å². The Morgan fingerprint density at radius 2 is 1.67 bits per heavy atom. The normalized spacial score (nSPS) is 14.1. The molecule has 0 fully saturated rings. The van der Waals surface area contributed by atoms with Crippen molar-refractivity contribution in [2.24, 2.45) is 0 Å². The summed E-state index contributed by atoms with van der Waals surface area (Å²) in [7, 11) is -3.55. The van der Waals surface area contributed by atoms with Crippen LogP contribution in [0.5, 0.6) is 0 Å². The molecule has 1 aromatic carbocycles. The number of benzene rings is 1. The first-order chi connectivity index (χ1) is 6.91. The molecule has 7 heteroatoms. The van der Waals surface area contributed by atoms with E-state index in [0.717, 1.165) is 12.1 Å². The van der Waals surface area contributed by atoms with Gasteiger partial charge >= 0.3 is 6.18 Å². The van der Waals surface area contributed by atoms with Crippen LogP contribution in [0, 0.1) is 0 Å². The number of hydrogen-bond donors (Lipinski definition) is 1. The van der Waals surface area contributed by atoms with Crippen molar-refractivity contribution in [1.82, 2.24) is 0 Å². The lowest BCUT2D eigenvalue weighted by Gasteiger charge is -2.17. The summed E-state index contributed by atoms with van der Waals surface area (Å²) in [6, 6.07) is 6.56. The smallest absolute Gasteiger partial charge is 0.254 e. The largest absolute Gasteiger partial charge is 0.420 e. The van der Waals surface area contributed by atoms with Crippen LogP contribution in [0.15, 0.2) is 30.3 Å². The maximum absolute atomic E-state index is 12.4. The van der Waals surface area contributed by atoms with Crippen LogP contribution in [0.1, 0.15) is 11.7 Å². The van der Waals surface area contributed by atoms with Gasteiger partial charge in [-0.3, -0.25) is 4.18 Å². The van der Waals surface area contributed by atoms with Crippen molar-refractivity contribution in [2.75, 3.05) is 0 Å². The Bertz CT molecular complexity index is 378. The maximum atomic E-state index is 12.4. The van der Waals surface area contributed by atoms with E-state index >= 15 is 0 Å². The minimum atomic E-state index is -4.75. The Kier molecular flexibility index (Phi) is 3.70. The number of hydrogen-bond acceptors (Lipinski definition) is 3. The maximum Gasteiger partial charge on any atom is 0.420 e. The zero-order valence-electron chi connectivity index (χ0n) is 7.27. The van der Waals surface area contributed by atoms with Crippen LogP contribution in [-0.4, -0.2) is 14.6 Å². The Balaban J connectivity index is 3.02. The zero-order chi connectivity index (χ0) is 11.5. The third-order valence-electron chi connectivity index (χ3n) is 1.59. The molecule has 1 atom stereocenters. The first-order valence-corrected chi connectivity index (χ1v) is 4.93. The zero-order valence-corrected chi connectivity index (χ0v) is 8.16. The van der Waals surface area contributed by atoms with Gasteiger partial charge in [-0.1, -0.05) is 30.3 Å². The fourth-order valence-electron chi connectivity index (χ4n) is 1.02. The van der Waals surface area contributed by atoms with Crippen LogP contribution >= 0.6 is 0 Å². The molecule has 3 nitrogen and oxygen atoms in total. The summed E-state index contributed by atoms with van der Waals surface area (Å²) >= 11 is 0. The van der Waals surface area contributed by atoms with Crippen LogP contribution in [0.3, 0.4) is 0 Å². The molecule has 0 amide bonds. The Morgan fingerprint density at radius 1 is 1.13 bits per heavy atom. The van der Waals surface area contributed by atoms with Crippen molar-refractivity contribution in [3.8, 4) is 0 Å². The Labute approximate surface area is 85.6 Å². The number of rotatable bonds is 3. The fraction of sp³-hybridized carbons (Fsp3) is 0.250. The molecule has 0 radical (unpaired) electrons. The van der Waals surface area contributed by atoms with Gasteiger partial charge in [0.05, 0.1) is 0 Å². The van der Waals surface area contributed by atoms with Gasteiger partial charge in [0.2, 0.25) is 0 Å². The van der Waals surface area contributed by atoms with Crippen LogP contribution < -0.4 is 0 Å². The third-order valence-corrected chi connectivity index (χ3v) is 1.97. The summed E-state index contributed by atoms with van der Waals surface area (Å²) in [4.78, 5) is 0. The van der Waals surface area contributed by atoms with Crippen molar-refractivity contribution in [2.45, 2.75) is 12.3 Å². The summed E-state index contributed by atoms with van der Waals surface area (Å²) in [5, 5.41) is 0. The summed E-state index contributed by atoms with van der Waals surface area (Å²) < 4.78 is 61.2. The first kappa shape index (κ1) is 12.0. The van der Waals surface area contributed by atoms with Crippen molar-refractivity contribution >= 4 is 11.0 Å². The predicted molar refractivity (Wildman–Crippen MR) is 46.6 cm³/mol. The molecule has 1 unspecified atom stereocenters. The van der Waals surface area contributed by atoms with Crippen LogP contribution in [-0.2, 0) is 15.2 Å². The summed E-state index contributed by atoms with van der Waals surface area (Å²) in [5.74, 6) is 0. The van der Waals surface area contributed by atoms with Gasteiger partial charge < -0.3 is 0 Å². The van der Waals surface area contributed by atoms with Crippen LogP contribution in [0.2, 0.25) is 0 Å². The topological polar surface area (TPSA) is 43.4 Å². The molecule has 0 aliphatic heterocycles. The molecule has 0 heterocycles. The van der Waals surface area contributed by atoms with E-state index in [1.54, 1.807) is 0 Å². The second-order valence-electron chi connectivity index (χ2n) is 2.66. The Hall–Kier alpha value is -1.08. The van der Waals surface area contributed by atoms with Crippen LogP contribution in [0.4, 0.5) is 13.2 Å². The minimum absolute atomic E-state index is 0.246. The molecule has 84 valence electrons.